The van der Waals surface area contributed by atoms with E-state index in [0.29, 0.717) is 59.0 Å². The summed E-state index contributed by atoms with van der Waals surface area (Å²) < 4.78 is 4.88. The van der Waals surface area contributed by atoms with Crippen molar-refractivity contribution < 1.29 is 14.3 Å². The molecule has 0 amide bonds. The molecule has 4 fully saturated rings. The summed E-state index contributed by atoms with van der Waals surface area (Å²) in [5.74, 6) is 4.11. The van der Waals surface area contributed by atoms with Crippen LogP contribution in [0.3, 0.4) is 0 Å². The van der Waals surface area contributed by atoms with Crippen molar-refractivity contribution in [1.29, 1.82) is 0 Å². The lowest BCUT2D eigenvalue weighted by atomic mass is 9.42. The standard InChI is InChI=1S/C27H44O3/c1-6-18-20-9-7-8-15-26(20,3)22-14-16-27(4)19(17(2)10-13-23(28)30-5)11-12-21(27)24(22)25(18)29/h17-22,24H,6-16H2,1-5H3/t17-,18?,19?,20?,21?,22?,24?,26?,27?/m1/s1. The molecular weight excluding hydrogens is 372 g/mol. The third-order valence-corrected chi connectivity index (χ3v) is 10.9. The minimum absolute atomic E-state index is 0.0882. The summed E-state index contributed by atoms with van der Waals surface area (Å²) in [6.07, 6.45) is 12.7. The van der Waals surface area contributed by atoms with E-state index in [4.69, 9.17) is 4.74 Å². The Balaban J connectivity index is 1.59. The zero-order valence-corrected chi connectivity index (χ0v) is 20.0. The quantitative estimate of drug-likeness (QED) is 0.484. The van der Waals surface area contributed by atoms with Gasteiger partial charge in [-0.1, -0.05) is 40.5 Å². The van der Waals surface area contributed by atoms with Crippen LogP contribution >= 0.6 is 0 Å². The highest BCUT2D eigenvalue weighted by Crippen LogP contribution is 2.68. The largest absolute Gasteiger partial charge is 0.469 e. The van der Waals surface area contributed by atoms with Crippen LogP contribution in [0.15, 0.2) is 0 Å². The molecule has 0 bridgehead atoms. The highest BCUT2D eigenvalue weighted by molar-refractivity contribution is 5.86. The number of ketones is 1. The summed E-state index contributed by atoms with van der Waals surface area (Å²) in [5, 5.41) is 0. The number of hydrogen-bond donors (Lipinski definition) is 0. The fourth-order valence-electron chi connectivity index (χ4n) is 9.34. The van der Waals surface area contributed by atoms with Crippen molar-refractivity contribution in [2.75, 3.05) is 7.11 Å². The van der Waals surface area contributed by atoms with Gasteiger partial charge in [-0.3, -0.25) is 9.59 Å². The van der Waals surface area contributed by atoms with Crippen LogP contribution < -0.4 is 0 Å². The number of carbonyl (C=O) groups excluding carboxylic acids is 2. The van der Waals surface area contributed by atoms with Crippen molar-refractivity contribution in [3.63, 3.8) is 0 Å². The molecule has 0 spiro atoms. The van der Waals surface area contributed by atoms with Crippen molar-refractivity contribution in [2.24, 2.45) is 52.3 Å². The molecule has 9 atom stereocenters. The van der Waals surface area contributed by atoms with Gasteiger partial charge in [0, 0.05) is 18.3 Å². The topological polar surface area (TPSA) is 43.4 Å². The van der Waals surface area contributed by atoms with Crippen LogP contribution in [-0.2, 0) is 14.3 Å². The molecule has 170 valence electrons. The second-order valence-corrected chi connectivity index (χ2v) is 11.8. The predicted molar refractivity (Wildman–Crippen MR) is 120 cm³/mol. The summed E-state index contributed by atoms with van der Waals surface area (Å²) in [5.41, 5.74) is 0.649. The Morgan fingerprint density at radius 2 is 1.77 bits per heavy atom. The molecular formula is C27H44O3. The average molecular weight is 417 g/mol. The third kappa shape index (κ3) is 3.28. The smallest absolute Gasteiger partial charge is 0.305 e. The Labute approximate surface area is 184 Å². The SMILES string of the molecule is CCC1C(=O)C2C(CCC3(C)C2CCC3[C@H](C)CCC(=O)OC)C2(C)CCCCC12. The molecule has 4 aliphatic rings. The minimum Gasteiger partial charge on any atom is -0.469 e. The number of methoxy groups -OCH3 is 1. The molecule has 0 heterocycles. The number of Topliss-reactive ketones (excluding diaryl/α,β-unsaturated/α-hetero) is 1. The van der Waals surface area contributed by atoms with Gasteiger partial charge < -0.3 is 4.74 Å². The van der Waals surface area contributed by atoms with Crippen LogP contribution in [0.2, 0.25) is 0 Å². The second kappa shape index (κ2) is 8.24. The first-order valence-corrected chi connectivity index (χ1v) is 12.9. The second-order valence-electron chi connectivity index (χ2n) is 11.8. The summed E-state index contributed by atoms with van der Waals surface area (Å²) in [7, 11) is 1.49. The first-order valence-electron chi connectivity index (χ1n) is 12.9. The summed E-state index contributed by atoms with van der Waals surface area (Å²) in [6.45, 7) is 9.66. The molecule has 0 aromatic carbocycles. The average Bonchev–Trinajstić information content (AvgIpc) is 3.09. The van der Waals surface area contributed by atoms with E-state index in [1.54, 1.807) is 0 Å². The normalized spacial score (nSPS) is 46.5. The number of carbonyl (C=O) groups is 2. The molecule has 3 nitrogen and oxygen atoms in total. The van der Waals surface area contributed by atoms with E-state index in [-0.39, 0.29) is 11.4 Å². The molecule has 30 heavy (non-hydrogen) atoms. The van der Waals surface area contributed by atoms with Gasteiger partial charge in [0.15, 0.2) is 0 Å². The lowest BCUT2D eigenvalue weighted by molar-refractivity contribution is -0.168. The summed E-state index contributed by atoms with van der Waals surface area (Å²) in [4.78, 5) is 25.6. The van der Waals surface area contributed by atoms with Gasteiger partial charge in [-0.05, 0) is 91.8 Å². The summed E-state index contributed by atoms with van der Waals surface area (Å²) >= 11 is 0. The maximum absolute atomic E-state index is 13.9. The Morgan fingerprint density at radius 1 is 1.03 bits per heavy atom. The molecule has 4 aliphatic carbocycles. The number of rotatable bonds is 5. The van der Waals surface area contributed by atoms with Crippen LogP contribution in [0.5, 0.6) is 0 Å². The zero-order valence-electron chi connectivity index (χ0n) is 20.0. The molecule has 0 saturated heterocycles. The minimum atomic E-state index is -0.0882. The van der Waals surface area contributed by atoms with Gasteiger partial charge in [-0.2, -0.15) is 0 Å². The molecule has 4 saturated carbocycles. The molecule has 0 radical (unpaired) electrons. The van der Waals surface area contributed by atoms with E-state index in [1.165, 1.54) is 58.5 Å². The van der Waals surface area contributed by atoms with E-state index < -0.39 is 0 Å². The molecule has 0 aromatic heterocycles. The highest BCUT2D eigenvalue weighted by atomic mass is 16.5. The van der Waals surface area contributed by atoms with Gasteiger partial charge in [0.25, 0.3) is 0 Å². The van der Waals surface area contributed by atoms with Gasteiger partial charge in [0.2, 0.25) is 0 Å². The fourth-order valence-corrected chi connectivity index (χ4v) is 9.34. The molecule has 4 rings (SSSR count). The maximum atomic E-state index is 13.9. The molecule has 3 heteroatoms. The first-order chi connectivity index (χ1) is 14.3. The molecule has 8 unspecified atom stereocenters. The van der Waals surface area contributed by atoms with Gasteiger partial charge >= 0.3 is 5.97 Å². The highest BCUT2D eigenvalue weighted by Gasteiger charge is 2.64. The lowest BCUT2D eigenvalue weighted by Crippen LogP contribution is -2.59. The van der Waals surface area contributed by atoms with E-state index in [9.17, 15) is 9.59 Å². The zero-order chi connectivity index (χ0) is 21.7. The van der Waals surface area contributed by atoms with Gasteiger partial charge in [0.1, 0.15) is 5.78 Å². The van der Waals surface area contributed by atoms with Crippen molar-refractivity contribution in [3.05, 3.63) is 0 Å². The van der Waals surface area contributed by atoms with Gasteiger partial charge in [-0.15, -0.1) is 0 Å². The van der Waals surface area contributed by atoms with E-state index in [2.05, 4.69) is 27.7 Å². The van der Waals surface area contributed by atoms with Crippen LogP contribution in [0.25, 0.3) is 0 Å². The number of fused-ring (bicyclic) bond motifs is 5. The molecule has 0 N–H and O–H groups in total. The monoisotopic (exact) mass is 416 g/mol. The van der Waals surface area contributed by atoms with E-state index in [0.717, 1.165) is 12.8 Å². The van der Waals surface area contributed by atoms with Crippen molar-refractivity contribution >= 4 is 11.8 Å². The Kier molecular flexibility index (Phi) is 6.14. The van der Waals surface area contributed by atoms with E-state index >= 15 is 0 Å². The fraction of sp³-hybridized carbons (Fsp3) is 0.926. The van der Waals surface area contributed by atoms with Crippen molar-refractivity contribution in [3.8, 4) is 0 Å². The third-order valence-electron chi connectivity index (χ3n) is 10.9. The van der Waals surface area contributed by atoms with Crippen LogP contribution in [0, 0.1) is 52.3 Å². The molecule has 0 aliphatic heterocycles. The van der Waals surface area contributed by atoms with Crippen LogP contribution in [0.4, 0.5) is 0 Å². The Bertz CT molecular complexity index is 671. The predicted octanol–water partition coefficient (Wildman–Crippen LogP) is 6.44. The summed E-state index contributed by atoms with van der Waals surface area (Å²) in [6, 6.07) is 0. The van der Waals surface area contributed by atoms with Crippen LogP contribution in [0.1, 0.15) is 98.3 Å². The van der Waals surface area contributed by atoms with Crippen molar-refractivity contribution in [1.82, 2.24) is 0 Å². The van der Waals surface area contributed by atoms with Gasteiger partial charge in [-0.25, -0.2) is 0 Å². The van der Waals surface area contributed by atoms with Crippen LogP contribution in [-0.4, -0.2) is 18.9 Å². The first kappa shape index (κ1) is 22.3. The van der Waals surface area contributed by atoms with Crippen molar-refractivity contribution in [2.45, 2.75) is 98.3 Å². The maximum Gasteiger partial charge on any atom is 0.305 e. The Morgan fingerprint density at radius 3 is 2.47 bits per heavy atom. The lowest BCUT2D eigenvalue weighted by Gasteiger charge is -2.62. The Hall–Kier alpha value is -0.860. The number of ether oxygens (including phenoxy) is 1. The van der Waals surface area contributed by atoms with E-state index in [1.807, 2.05) is 0 Å². The number of hydrogen-bond acceptors (Lipinski definition) is 3. The number of esters is 1. The molecule has 0 aromatic rings. The van der Waals surface area contributed by atoms with Gasteiger partial charge in [0.05, 0.1) is 7.11 Å².